The van der Waals surface area contributed by atoms with E-state index in [2.05, 4.69) is 11.8 Å². The van der Waals surface area contributed by atoms with Gasteiger partial charge in [-0.1, -0.05) is 0 Å². The summed E-state index contributed by atoms with van der Waals surface area (Å²) >= 11 is 0. The van der Waals surface area contributed by atoms with Crippen molar-refractivity contribution in [3.05, 3.63) is 0 Å². The lowest BCUT2D eigenvalue weighted by Gasteiger charge is -2.44. The molecular formula is C10H18N2O. The highest BCUT2D eigenvalue weighted by Gasteiger charge is 2.41. The third-order valence-corrected chi connectivity index (χ3v) is 3.52. The van der Waals surface area contributed by atoms with Crippen LogP contribution in [-0.2, 0) is 4.79 Å². The number of rotatable bonds is 0. The molecule has 0 spiro atoms. The Morgan fingerprint density at radius 2 is 2.08 bits per heavy atom. The predicted octanol–water partition coefficient (Wildman–Crippen LogP) is 0.703. The molecule has 1 amide bonds. The van der Waals surface area contributed by atoms with E-state index in [0.717, 1.165) is 19.6 Å². The maximum Gasteiger partial charge on any atom is 0.219 e. The van der Waals surface area contributed by atoms with Crippen LogP contribution < -0.4 is 0 Å². The second kappa shape index (κ2) is 2.98. The first-order valence-electron chi connectivity index (χ1n) is 5.12. The maximum absolute atomic E-state index is 11.2. The minimum Gasteiger partial charge on any atom is -0.340 e. The fourth-order valence-corrected chi connectivity index (χ4v) is 2.64. The SMILES string of the molecule is CC(=O)N1CCN2CCCC2(C)C1. The molecule has 3 nitrogen and oxygen atoms in total. The van der Waals surface area contributed by atoms with Gasteiger partial charge in [-0.2, -0.15) is 0 Å². The largest absolute Gasteiger partial charge is 0.340 e. The highest BCUT2D eigenvalue weighted by molar-refractivity contribution is 5.73. The molecule has 1 atom stereocenters. The molecule has 2 fully saturated rings. The molecule has 2 heterocycles. The van der Waals surface area contributed by atoms with Crippen molar-refractivity contribution in [2.24, 2.45) is 0 Å². The van der Waals surface area contributed by atoms with Gasteiger partial charge in [-0.05, 0) is 26.3 Å². The lowest BCUT2D eigenvalue weighted by molar-refractivity contribution is -0.133. The van der Waals surface area contributed by atoms with E-state index < -0.39 is 0 Å². The average molecular weight is 182 g/mol. The fourth-order valence-electron chi connectivity index (χ4n) is 2.64. The highest BCUT2D eigenvalue weighted by atomic mass is 16.2. The van der Waals surface area contributed by atoms with E-state index in [1.54, 1.807) is 6.92 Å². The van der Waals surface area contributed by atoms with Crippen LogP contribution in [0.5, 0.6) is 0 Å². The Bertz CT molecular complexity index is 229. The van der Waals surface area contributed by atoms with Crippen LogP contribution in [0.1, 0.15) is 26.7 Å². The Balaban J connectivity index is 2.08. The van der Waals surface area contributed by atoms with Gasteiger partial charge in [-0.3, -0.25) is 9.69 Å². The third kappa shape index (κ3) is 1.46. The smallest absolute Gasteiger partial charge is 0.219 e. The van der Waals surface area contributed by atoms with Crippen LogP contribution in [0.15, 0.2) is 0 Å². The summed E-state index contributed by atoms with van der Waals surface area (Å²) in [6, 6.07) is 0. The predicted molar refractivity (Wildman–Crippen MR) is 51.5 cm³/mol. The van der Waals surface area contributed by atoms with Crippen molar-refractivity contribution in [3.63, 3.8) is 0 Å². The molecule has 0 aromatic rings. The molecule has 1 unspecified atom stereocenters. The molecule has 2 aliphatic heterocycles. The van der Waals surface area contributed by atoms with Crippen LogP contribution in [0.4, 0.5) is 0 Å². The Morgan fingerprint density at radius 3 is 2.77 bits per heavy atom. The Hall–Kier alpha value is -0.570. The molecule has 0 aromatic carbocycles. The molecule has 2 rings (SSSR count). The zero-order valence-electron chi connectivity index (χ0n) is 8.55. The van der Waals surface area contributed by atoms with E-state index in [0.29, 0.717) is 0 Å². The zero-order valence-corrected chi connectivity index (χ0v) is 8.55. The van der Waals surface area contributed by atoms with Gasteiger partial charge in [-0.15, -0.1) is 0 Å². The molecule has 0 saturated carbocycles. The van der Waals surface area contributed by atoms with Crippen molar-refractivity contribution in [1.82, 2.24) is 9.80 Å². The minimum absolute atomic E-state index is 0.229. The maximum atomic E-state index is 11.2. The molecule has 2 saturated heterocycles. The third-order valence-electron chi connectivity index (χ3n) is 3.52. The van der Waals surface area contributed by atoms with E-state index in [4.69, 9.17) is 0 Å². The van der Waals surface area contributed by atoms with E-state index in [1.165, 1.54) is 19.4 Å². The normalized spacial score (nSPS) is 34.8. The number of fused-ring (bicyclic) bond motifs is 1. The van der Waals surface area contributed by atoms with Crippen LogP contribution in [0.2, 0.25) is 0 Å². The van der Waals surface area contributed by atoms with Crippen LogP contribution in [0, 0.1) is 0 Å². The van der Waals surface area contributed by atoms with E-state index in [1.807, 2.05) is 4.90 Å². The molecule has 0 aliphatic carbocycles. The first kappa shape index (κ1) is 9.00. The van der Waals surface area contributed by atoms with Gasteiger partial charge in [0.05, 0.1) is 0 Å². The van der Waals surface area contributed by atoms with Gasteiger partial charge in [0.25, 0.3) is 0 Å². The summed E-state index contributed by atoms with van der Waals surface area (Å²) in [7, 11) is 0. The lowest BCUT2D eigenvalue weighted by atomic mass is 9.96. The summed E-state index contributed by atoms with van der Waals surface area (Å²) in [5, 5.41) is 0. The molecule has 2 aliphatic rings. The molecule has 0 N–H and O–H groups in total. The highest BCUT2D eigenvalue weighted by Crippen LogP contribution is 2.32. The van der Waals surface area contributed by atoms with Gasteiger partial charge in [-0.25, -0.2) is 0 Å². The quantitative estimate of drug-likeness (QED) is 0.550. The molecule has 13 heavy (non-hydrogen) atoms. The minimum atomic E-state index is 0.229. The first-order valence-corrected chi connectivity index (χ1v) is 5.12. The molecular weight excluding hydrogens is 164 g/mol. The number of piperazine rings is 1. The van der Waals surface area contributed by atoms with Crippen molar-refractivity contribution in [1.29, 1.82) is 0 Å². The summed E-state index contributed by atoms with van der Waals surface area (Å²) < 4.78 is 0. The van der Waals surface area contributed by atoms with Crippen LogP contribution in [0.3, 0.4) is 0 Å². The molecule has 0 aromatic heterocycles. The number of hydrogen-bond donors (Lipinski definition) is 0. The standard InChI is InChI=1S/C10H18N2O/c1-9(13)11-6-7-12-5-3-4-10(12,2)8-11/h3-8H2,1-2H3. The van der Waals surface area contributed by atoms with Gasteiger partial charge < -0.3 is 4.90 Å². The van der Waals surface area contributed by atoms with Gasteiger partial charge in [0, 0.05) is 32.1 Å². The number of hydrogen-bond acceptors (Lipinski definition) is 2. The number of carbonyl (C=O) groups is 1. The summed E-state index contributed by atoms with van der Waals surface area (Å²) in [4.78, 5) is 15.8. The van der Waals surface area contributed by atoms with E-state index in [9.17, 15) is 4.79 Å². The summed E-state index contributed by atoms with van der Waals surface area (Å²) in [5.74, 6) is 0.229. The molecule has 0 bridgehead atoms. The van der Waals surface area contributed by atoms with Crippen molar-refractivity contribution in [2.45, 2.75) is 32.2 Å². The molecule has 3 heteroatoms. The Labute approximate surface area is 79.7 Å². The monoisotopic (exact) mass is 182 g/mol. The second-order valence-electron chi connectivity index (χ2n) is 4.53. The molecule has 74 valence electrons. The van der Waals surface area contributed by atoms with Crippen molar-refractivity contribution < 1.29 is 4.79 Å². The van der Waals surface area contributed by atoms with Crippen LogP contribution >= 0.6 is 0 Å². The first-order chi connectivity index (χ1) is 6.12. The number of amides is 1. The zero-order chi connectivity index (χ0) is 9.47. The Morgan fingerprint density at radius 1 is 1.31 bits per heavy atom. The van der Waals surface area contributed by atoms with Crippen molar-refractivity contribution in [3.8, 4) is 0 Å². The fraction of sp³-hybridized carbons (Fsp3) is 0.900. The van der Waals surface area contributed by atoms with E-state index >= 15 is 0 Å². The van der Waals surface area contributed by atoms with Crippen molar-refractivity contribution >= 4 is 5.91 Å². The van der Waals surface area contributed by atoms with Gasteiger partial charge in [0.1, 0.15) is 0 Å². The molecule has 0 radical (unpaired) electrons. The summed E-state index contributed by atoms with van der Waals surface area (Å²) in [6.07, 6.45) is 2.54. The van der Waals surface area contributed by atoms with Gasteiger partial charge >= 0.3 is 0 Å². The summed E-state index contributed by atoms with van der Waals surface area (Å²) in [5.41, 5.74) is 0.282. The summed E-state index contributed by atoms with van der Waals surface area (Å²) in [6.45, 7) is 8.11. The van der Waals surface area contributed by atoms with Gasteiger partial charge in [0.2, 0.25) is 5.91 Å². The van der Waals surface area contributed by atoms with Crippen LogP contribution in [0.25, 0.3) is 0 Å². The lowest BCUT2D eigenvalue weighted by Crippen LogP contribution is -2.58. The van der Waals surface area contributed by atoms with E-state index in [-0.39, 0.29) is 11.4 Å². The van der Waals surface area contributed by atoms with Gasteiger partial charge in [0.15, 0.2) is 0 Å². The van der Waals surface area contributed by atoms with Crippen molar-refractivity contribution in [2.75, 3.05) is 26.2 Å². The van der Waals surface area contributed by atoms with Crippen LogP contribution in [-0.4, -0.2) is 47.4 Å². The average Bonchev–Trinajstić information content (AvgIpc) is 2.44. The number of carbonyl (C=O) groups excluding carboxylic acids is 1. The topological polar surface area (TPSA) is 23.6 Å². The Kier molecular flexibility index (Phi) is 2.06. The second-order valence-corrected chi connectivity index (χ2v) is 4.53. The number of nitrogens with zero attached hydrogens (tertiary/aromatic N) is 2.